The maximum absolute atomic E-state index is 4.68. The van der Waals surface area contributed by atoms with Crippen molar-refractivity contribution in [2.75, 3.05) is 0 Å². The Kier molecular flexibility index (Phi) is 44.3. The molecule has 6 heterocycles. The molecule has 0 unspecified atom stereocenters. The fourth-order valence-corrected chi connectivity index (χ4v) is 13.9. The molecule has 0 spiro atoms. The Hall–Kier alpha value is -17.2. The molecule has 0 bridgehead atoms. The standard InChI is InChI=1S/C21H15N3.C19H16.2C17H14N2.C16H13N3.C12H10.C11H9N.C6H6.4C2H6/c1-4-10-16(11-5-1)19-22-20(17-12-6-2-7-13-17)24-21(23-19)18-14-8-3-9-15-18;1-15-12-18(16-8-4-2-5-9-16)14-19(13-15)17-10-6-3-7-11-17;1-13-10-16(14-2-6-18-7-3-14)12-17(11-13)15-4-8-19-9-5-15;1-13-18-16(14-8-4-2-5-9-14)12-17(19-13)15-10-6-3-7-11-15;1-12-17-15(13-8-4-2-5-9-13)19-16(18-12)14-10-6-3-7-11-14;1-3-7-11(8-4-1)12-9-5-2-6-10-12;1-2-4-10(5-3-1)11-6-8-12-9-7-11;1-2-4-6-5-3-1;4*1-2/h1-15H;2-14H,1H3;2*2-12H,1H3;2-11H,1H3;1-10H;1-9H;1-6H;4*1-2H3. The molecule has 0 saturated carbocycles. The predicted octanol–water partition coefficient (Wildman–Crippen LogP) is 33.8. The number of aryl methyl sites for hydroxylation is 4. The molecule has 0 fully saturated rings. The van der Waals surface area contributed by atoms with Crippen LogP contribution in [0.1, 0.15) is 78.2 Å². The zero-order valence-corrected chi connectivity index (χ0v) is 81.0. The lowest BCUT2D eigenvalue weighted by Crippen LogP contribution is -1.99. The van der Waals surface area contributed by atoms with Gasteiger partial charge in [-0.15, -0.1) is 0 Å². The Morgan fingerprint density at radius 1 is 0.123 bits per heavy atom. The van der Waals surface area contributed by atoms with Crippen LogP contribution < -0.4 is 0 Å². The highest BCUT2D eigenvalue weighted by atomic mass is 15.0. The average Bonchev–Trinajstić information content (AvgIpc) is 0.807. The molecule has 0 saturated heterocycles. The molecule has 138 heavy (non-hydrogen) atoms. The van der Waals surface area contributed by atoms with Crippen LogP contribution in [0.25, 0.3) is 146 Å². The normalized spacial score (nSPS) is 9.74. The summed E-state index contributed by atoms with van der Waals surface area (Å²) in [6, 6.07) is 162. The van der Waals surface area contributed by atoms with E-state index < -0.39 is 0 Å². The van der Waals surface area contributed by atoms with Gasteiger partial charge < -0.3 is 0 Å². The third kappa shape index (κ3) is 33.8. The maximum atomic E-state index is 4.68. The third-order valence-electron chi connectivity index (χ3n) is 20.3. The van der Waals surface area contributed by atoms with Crippen LogP contribution in [-0.2, 0) is 0 Å². The monoisotopic (exact) mass is 1800 g/mol. The van der Waals surface area contributed by atoms with Gasteiger partial charge in [-0.3, -0.25) is 15.0 Å². The number of rotatable bonds is 13. The van der Waals surface area contributed by atoms with Crippen LogP contribution in [0, 0.1) is 27.7 Å². The van der Waals surface area contributed by atoms with Crippen molar-refractivity contribution in [3.05, 3.63) is 539 Å². The molecule has 11 heteroatoms. The summed E-state index contributed by atoms with van der Waals surface area (Å²) in [7, 11) is 0. The molecule has 0 amide bonds. The van der Waals surface area contributed by atoms with Crippen molar-refractivity contribution in [1.29, 1.82) is 0 Å². The third-order valence-corrected chi connectivity index (χ3v) is 20.3. The van der Waals surface area contributed by atoms with E-state index in [1.807, 2.05) is 404 Å². The average molecular weight is 1800 g/mol. The molecule has 0 aliphatic heterocycles. The van der Waals surface area contributed by atoms with Crippen molar-refractivity contribution in [3.8, 4) is 146 Å². The lowest BCUT2D eigenvalue weighted by atomic mass is 9.97. The van der Waals surface area contributed by atoms with Gasteiger partial charge in [0.15, 0.2) is 29.1 Å². The second-order valence-corrected chi connectivity index (χ2v) is 30.0. The van der Waals surface area contributed by atoms with Crippen molar-refractivity contribution >= 4 is 0 Å². The first kappa shape index (κ1) is 103. The van der Waals surface area contributed by atoms with E-state index in [9.17, 15) is 0 Å². The van der Waals surface area contributed by atoms with Crippen LogP contribution in [0.15, 0.2) is 516 Å². The van der Waals surface area contributed by atoms with Crippen LogP contribution in [0.5, 0.6) is 0 Å². The fourth-order valence-electron chi connectivity index (χ4n) is 13.9. The molecule has 684 valence electrons. The summed E-state index contributed by atoms with van der Waals surface area (Å²) in [5.41, 5.74) is 26.6. The highest BCUT2D eigenvalue weighted by molar-refractivity contribution is 5.77. The number of benzene rings is 15. The zero-order valence-electron chi connectivity index (χ0n) is 81.0. The summed E-state index contributed by atoms with van der Waals surface area (Å²) in [5.74, 6) is 5.00. The quantitative estimate of drug-likeness (QED) is 0.109. The van der Waals surface area contributed by atoms with E-state index in [1.165, 1.54) is 77.9 Å². The Bertz CT molecular complexity index is 5800. The minimum Gasteiger partial charge on any atom is -0.265 e. The van der Waals surface area contributed by atoms with Gasteiger partial charge in [0.1, 0.15) is 11.6 Å². The highest BCUT2D eigenvalue weighted by Gasteiger charge is 2.14. The molecular weight excluding hydrogens is 1680 g/mol. The lowest BCUT2D eigenvalue weighted by Gasteiger charge is -2.08. The molecule has 0 aliphatic carbocycles. The first-order valence-corrected chi connectivity index (χ1v) is 47.1. The molecule has 0 N–H and O–H groups in total. The summed E-state index contributed by atoms with van der Waals surface area (Å²) in [6.07, 6.45) is 10.9. The number of hydrogen-bond donors (Lipinski definition) is 0. The molecule has 21 rings (SSSR count). The second kappa shape index (κ2) is 59.4. The summed E-state index contributed by atoms with van der Waals surface area (Å²) in [6.45, 7) is 24.1. The van der Waals surface area contributed by atoms with Crippen LogP contribution in [0.3, 0.4) is 0 Å². The van der Waals surface area contributed by atoms with Crippen LogP contribution in [0.4, 0.5) is 0 Å². The topological polar surface area (TPSA) is 142 Å². The minimum absolute atomic E-state index is 0.684. The summed E-state index contributed by atoms with van der Waals surface area (Å²) in [5, 5.41) is 0. The number of aromatic nitrogens is 11. The van der Waals surface area contributed by atoms with Gasteiger partial charge in [0.2, 0.25) is 0 Å². The molecule has 0 radical (unpaired) electrons. The number of nitrogens with zero attached hydrogens (tertiary/aromatic N) is 11. The van der Waals surface area contributed by atoms with Gasteiger partial charge in [0, 0.05) is 76.1 Å². The summed E-state index contributed by atoms with van der Waals surface area (Å²) >= 11 is 0. The van der Waals surface area contributed by atoms with Gasteiger partial charge in [-0.2, -0.15) is 0 Å². The Morgan fingerprint density at radius 3 is 0.471 bits per heavy atom. The number of pyridine rings is 3. The van der Waals surface area contributed by atoms with E-state index in [0.29, 0.717) is 29.1 Å². The Labute approximate surface area is 817 Å². The minimum atomic E-state index is 0.684. The molecule has 0 aliphatic rings. The van der Waals surface area contributed by atoms with Crippen LogP contribution in [-0.4, -0.2) is 54.8 Å². The predicted molar refractivity (Wildman–Crippen MR) is 582 cm³/mol. The van der Waals surface area contributed by atoms with E-state index in [2.05, 4.69) is 251 Å². The van der Waals surface area contributed by atoms with Gasteiger partial charge in [-0.05, 0) is 160 Å². The smallest absolute Gasteiger partial charge is 0.164 e. The van der Waals surface area contributed by atoms with Crippen molar-refractivity contribution < 1.29 is 0 Å². The van der Waals surface area contributed by atoms with Gasteiger partial charge >= 0.3 is 0 Å². The molecule has 11 nitrogen and oxygen atoms in total. The SMILES string of the molecule is CC.CC.CC.CC.Cc1cc(-c2ccccc2)cc(-c2ccccc2)c1.Cc1cc(-c2ccncc2)cc(-c2ccncc2)c1.Cc1nc(-c2ccccc2)cc(-c2ccccc2)n1.Cc1nc(-c2ccccc2)nc(-c2ccccc2)n1.c1ccc(-c2ccccc2)cc1.c1ccc(-c2ccncc2)cc1.c1ccc(-c2nc(-c3ccccc3)nc(-c3ccccc3)n2)cc1.c1ccccc1. The first-order chi connectivity index (χ1) is 68.1. The van der Waals surface area contributed by atoms with E-state index in [-0.39, 0.29) is 0 Å². The molecule has 0 atom stereocenters. The highest BCUT2D eigenvalue weighted by Crippen LogP contribution is 2.32. The van der Waals surface area contributed by atoms with Crippen LogP contribution >= 0.6 is 0 Å². The van der Waals surface area contributed by atoms with Crippen LogP contribution in [0.2, 0.25) is 0 Å². The first-order valence-electron chi connectivity index (χ1n) is 47.1. The van der Waals surface area contributed by atoms with Gasteiger partial charge in [-0.25, -0.2) is 39.9 Å². The van der Waals surface area contributed by atoms with E-state index in [0.717, 1.165) is 62.0 Å². The van der Waals surface area contributed by atoms with E-state index >= 15 is 0 Å². The van der Waals surface area contributed by atoms with Gasteiger partial charge in [-0.1, -0.05) is 480 Å². The van der Waals surface area contributed by atoms with Gasteiger partial charge in [0.05, 0.1) is 11.4 Å². The van der Waals surface area contributed by atoms with E-state index in [1.54, 1.807) is 0 Å². The van der Waals surface area contributed by atoms with Crippen molar-refractivity contribution in [1.82, 2.24) is 54.8 Å². The van der Waals surface area contributed by atoms with Crippen molar-refractivity contribution in [3.63, 3.8) is 0 Å². The Morgan fingerprint density at radius 2 is 0.268 bits per heavy atom. The zero-order chi connectivity index (χ0) is 97.2. The summed E-state index contributed by atoms with van der Waals surface area (Å²) < 4.78 is 0. The molecule has 15 aromatic carbocycles. The summed E-state index contributed by atoms with van der Waals surface area (Å²) in [4.78, 5) is 48.5. The Balaban J connectivity index is 0.000000164. The molecule has 21 aromatic rings. The lowest BCUT2D eigenvalue weighted by molar-refractivity contribution is 0.992. The van der Waals surface area contributed by atoms with E-state index in [4.69, 9.17) is 0 Å². The van der Waals surface area contributed by atoms with Crippen molar-refractivity contribution in [2.24, 2.45) is 0 Å². The number of hydrogen-bond acceptors (Lipinski definition) is 11. The fraction of sp³-hybridized carbons (Fsp3) is 0.0945. The molecular formula is C127H121N11. The van der Waals surface area contributed by atoms with Gasteiger partial charge in [0.25, 0.3) is 0 Å². The molecule has 6 aromatic heterocycles. The second-order valence-electron chi connectivity index (χ2n) is 30.0. The largest absolute Gasteiger partial charge is 0.265 e. The maximum Gasteiger partial charge on any atom is 0.164 e. The van der Waals surface area contributed by atoms with Crippen molar-refractivity contribution in [2.45, 2.75) is 83.1 Å².